The molecule has 108 valence electrons. The van der Waals surface area contributed by atoms with Crippen molar-refractivity contribution in [3.8, 4) is 0 Å². The molecule has 0 spiro atoms. The van der Waals surface area contributed by atoms with Crippen molar-refractivity contribution >= 4 is 12.0 Å². The highest BCUT2D eigenvalue weighted by atomic mass is 16.5. The van der Waals surface area contributed by atoms with Crippen molar-refractivity contribution < 1.29 is 13.9 Å². The van der Waals surface area contributed by atoms with E-state index in [2.05, 4.69) is 5.32 Å². The largest absolute Gasteiger partial charge is 0.462 e. The molecular formula is C17H17NO3. The number of esters is 1. The van der Waals surface area contributed by atoms with Crippen LogP contribution < -0.4 is 5.32 Å². The van der Waals surface area contributed by atoms with Crippen LogP contribution in [0.1, 0.15) is 23.5 Å². The maximum Gasteiger partial charge on any atom is 0.328 e. The molecule has 4 nitrogen and oxygen atoms in total. The Kier molecular flexibility index (Phi) is 3.88. The van der Waals surface area contributed by atoms with Crippen molar-refractivity contribution in [1.82, 2.24) is 5.32 Å². The lowest BCUT2D eigenvalue weighted by Gasteiger charge is -2.07. The van der Waals surface area contributed by atoms with Crippen LogP contribution in [-0.2, 0) is 16.1 Å². The zero-order valence-electron chi connectivity index (χ0n) is 11.8. The summed E-state index contributed by atoms with van der Waals surface area (Å²) < 4.78 is 10.7. The number of nitrogens with one attached hydrogen (secondary N) is 1. The maximum absolute atomic E-state index is 11.8. The number of rotatable bonds is 4. The summed E-state index contributed by atoms with van der Waals surface area (Å²) in [6, 6.07) is 13.4. The SMILES string of the molecule is Cc1ccc(/C=C2\C[C@@H](NCc3ccccc3)C(=O)O2)o1. The van der Waals surface area contributed by atoms with Crippen LogP contribution in [0.3, 0.4) is 0 Å². The van der Waals surface area contributed by atoms with E-state index >= 15 is 0 Å². The second-order valence-electron chi connectivity index (χ2n) is 5.10. The number of hydrogen-bond donors (Lipinski definition) is 1. The number of hydrogen-bond acceptors (Lipinski definition) is 4. The Labute approximate surface area is 123 Å². The zero-order chi connectivity index (χ0) is 14.7. The molecule has 1 saturated heterocycles. The van der Waals surface area contributed by atoms with Gasteiger partial charge in [0, 0.05) is 19.0 Å². The Balaban J connectivity index is 1.61. The Bertz CT molecular complexity index is 658. The minimum absolute atomic E-state index is 0.236. The van der Waals surface area contributed by atoms with Crippen molar-refractivity contribution in [2.24, 2.45) is 0 Å². The van der Waals surface area contributed by atoms with Gasteiger partial charge in [-0.05, 0) is 24.6 Å². The van der Waals surface area contributed by atoms with E-state index in [9.17, 15) is 4.79 Å². The molecule has 0 amide bonds. The molecule has 0 saturated carbocycles. The molecule has 1 N–H and O–H groups in total. The second kappa shape index (κ2) is 5.97. The van der Waals surface area contributed by atoms with Crippen molar-refractivity contribution in [2.75, 3.05) is 0 Å². The molecule has 0 radical (unpaired) electrons. The predicted octanol–water partition coefficient (Wildman–Crippen LogP) is 3.03. The molecule has 0 unspecified atom stereocenters. The van der Waals surface area contributed by atoms with Gasteiger partial charge in [0.05, 0.1) is 0 Å². The highest BCUT2D eigenvalue weighted by molar-refractivity contribution is 5.81. The fourth-order valence-electron chi connectivity index (χ4n) is 2.30. The molecule has 1 atom stereocenters. The molecule has 1 aliphatic heterocycles. The summed E-state index contributed by atoms with van der Waals surface area (Å²) in [6.45, 7) is 2.53. The second-order valence-corrected chi connectivity index (χ2v) is 5.10. The predicted molar refractivity (Wildman–Crippen MR) is 79.2 cm³/mol. The third kappa shape index (κ3) is 3.41. The lowest BCUT2D eigenvalue weighted by molar-refractivity contribution is -0.137. The van der Waals surface area contributed by atoms with Gasteiger partial charge in [-0.3, -0.25) is 5.32 Å². The number of aryl methyl sites for hydroxylation is 1. The molecule has 1 aliphatic rings. The fourth-order valence-corrected chi connectivity index (χ4v) is 2.30. The smallest absolute Gasteiger partial charge is 0.328 e. The fraction of sp³-hybridized carbons (Fsp3) is 0.235. The monoisotopic (exact) mass is 283 g/mol. The van der Waals surface area contributed by atoms with Crippen LogP contribution in [-0.4, -0.2) is 12.0 Å². The average molecular weight is 283 g/mol. The minimum atomic E-state index is -0.299. The Morgan fingerprint density at radius 3 is 2.76 bits per heavy atom. The van der Waals surface area contributed by atoms with Gasteiger partial charge in [0.2, 0.25) is 0 Å². The van der Waals surface area contributed by atoms with E-state index in [0.29, 0.717) is 24.5 Å². The van der Waals surface area contributed by atoms with Crippen molar-refractivity contribution in [3.63, 3.8) is 0 Å². The highest BCUT2D eigenvalue weighted by Gasteiger charge is 2.30. The number of ether oxygens (including phenoxy) is 1. The van der Waals surface area contributed by atoms with Gasteiger partial charge in [0.1, 0.15) is 23.3 Å². The summed E-state index contributed by atoms with van der Waals surface area (Å²) in [4.78, 5) is 11.8. The lowest BCUT2D eigenvalue weighted by atomic mass is 10.1. The van der Waals surface area contributed by atoms with Gasteiger partial charge in [-0.2, -0.15) is 0 Å². The van der Waals surface area contributed by atoms with Gasteiger partial charge in [-0.25, -0.2) is 4.79 Å². The maximum atomic E-state index is 11.8. The van der Waals surface area contributed by atoms with Gasteiger partial charge in [0.25, 0.3) is 0 Å². The van der Waals surface area contributed by atoms with E-state index in [1.165, 1.54) is 0 Å². The highest BCUT2D eigenvalue weighted by Crippen LogP contribution is 2.22. The van der Waals surface area contributed by atoms with Crippen LogP contribution in [0, 0.1) is 6.92 Å². The number of carbonyl (C=O) groups excluding carboxylic acids is 1. The summed E-state index contributed by atoms with van der Waals surface area (Å²) in [6.07, 6.45) is 2.32. The normalized spacial score (nSPS) is 20.0. The van der Waals surface area contributed by atoms with E-state index in [4.69, 9.17) is 9.15 Å². The minimum Gasteiger partial charge on any atom is -0.462 e. The van der Waals surface area contributed by atoms with E-state index < -0.39 is 0 Å². The number of cyclic esters (lactones) is 1. The van der Waals surface area contributed by atoms with Crippen LogP contribution >= 0.6 is 0 Å². The standard InChI is InChI=1S/C17H17NO3/c1-12-7-8-14(20-12)9-15-10-16(17(19)21-15)18-11-13-5-3-2-4-6-13/h2-9,16,18H,10-11H2,1H3/b15-9+/t16-/m1/s1. The van der Waals surface area contributed by atoms with Gasteiger partial charge in [0.15, 0.2) is 0 Å². The molecule has 1 aromatic heterocycles. The van der Waals surface area contributed by atoms with Crippen molar-refractivity contribution in [2.45, 2.75) is 25.9 Å². The summed E-state index contributed by atoms with van der Waals surface area (Å²) in [5, 5.41) is 3.22. The topological polar surface area (TPSA) is 51.5 Å². The molecular weight excluding hydrogens is 266 g/mol. The number of benzene rings is 1. The third-order valence-electron chi connectivity index (χ3n) is 3.38. The molecule has 0 bridgehead atoms. The van der Waals surface area contributed by atoms with Gasteiger partial charge >= 0.3 is 5.97 Å². The van der Waals surface area contributed by atoms with E-state index in [1.807, 2.05) is 49.4 Å². The molecule has 1 fully saturated rings. The molecule has 2 heterocycles. The number of furan rings is 1. The quantitative estimate of drug-likeness (QED) is 0.876. The van der Waals surface area contributed by atoms with E-state index in [-0.39, 0.29) is 12.0 Å². The average Bonchev–Trinajstić information content (AvgIpc) is 3.04. The van der Waals surface area contributed by atoms with Crippen LogP contribution in [0.5, 0.6) is 0 Å². The van der Waals surface area contributed by atoms with Crippen molar-refractivity contribution in [1.29, 1.82) is 0 Å². The van der Waals surface area contributed by atoms with Crippen LogP contribution in [0.4, 0.5) is 0 Å². The molecule has 0 aliphatic carbocycles. The zero-order valence-corrected chi connectivity index (χ0v) is 11.8. The molecule has 4 heteroatoms. The summed E-state index contributed by atoms with van der Waals surface area (Å²) in [7, 11) is 0. The first-order valence-electron chi connectivity index (χ1n) is 6.97. The first-order chi connectivity index (χ1) is 10.2. The molecule has 21 heavy (non-hydrogen) atoms. The van der Waals surface area contributed by atoms with Crippen LogP contribution in [0.2, 0.25) is 0 Å². The molecule has 2 aromatic rings. The van der Waals surface area contributed by atoms with Gasteiger partial charge in [-0.15, -0.1) is 0 Å². The van der Waals surface area contributed by atoms with Crippen molar-refractivity contribution in [3.05, 3.63) is 65.3 Å². The first kappa shape index (κ1) is 13.6. The lowest BCUT2D eigenvalue weighted by Crippen LogP contribution is -2.32. The van der Waals surface area contributed by atoms with Gasteiger partial charge < -0.3 is 9.15 Å². The molecule has 1 aromatic carbocycles. The first-order valence-corrected chi connectivity index (χ1v) is 6.97. The Morgan fingerprint density at radius 2 is 2.05 bits per heavy atom. The molecule has 3 rings (SSSR count). The number of carbonyl (C=O) groups is 1. The summed E-state index contributed by atoms with van der Waals surface area (Å²) >= 11 is 0. The third-order valence-corrected chi connectivity index (χ3v) is 3.38. The van der Waals surface area contributed by atoms with Crippen LogP contribution in [0.25, 0.3) is 6.08 Å². The Morgan fingerprint density at radius 1 is 1.24 bits per heavy atom. The van der Waals surface area contributed by atoms with E-state index in [0.717, 1.165) is 11.3 Å². The summed E-state index contributed by atoms with van der Waals surface area (Å²) in [5.74, 6) is 1.95. The Hall–Kier alpha value is -2.33. The van der Waals surface area contributed by atoms with E-state index in [1.54, 1.807) is 6.08 Å². The summed E-state index contributed by atoms with van der Waals surface area (Å²) in [5.41, 5.74) is 1.14. The van der Waals surface area contributed by atoms with Crippen LogP contribution in [0.15, 0.2) is 52.6 Å². The van der Waals surface area contributed by atoms with Gasteiger partial charge in [-0.1, -0.05) is 30.3 Å².